The van der Waals surface area contributed by atoms with Crippen LogP contribution in [0.15, 0.2) is 6.07 Å². The minimum Gasteiger partial charge on any atom is -0.496 e. The van der Waals surface area contributed by atoms with Crippen LogP contribution in [0.1, 0.15) is 27.6 Å². The molecule has 0 radical (unpaired) electrons. The Balaban J connectivity index is 3.51. The quantitative estimate of drug-likeness (QED) is 0.608. The van der Waals surface area contributed by atoms with Gasteiger partial charge in [0.05, 0.1) is 31.4 Å². The Morgan fingerprint density at radius 1 is 1.33 bits per heavy atom. The van der Waals surface area contributed by atoms with E-state index in [0.717, 1.165) is 0 Å². The number of carbonyl (C=O) groups excluding carboxylic acids is 2. The number of methoxy groups -OCH3 is 2. The normalized spacial score (nSPS) is 9.78. The minimum absolute atomic E-state index is 0.000139. The van der Waals surface area contributed by atoms with Crippen LogP contribution in [0.2, 0.25) is 5.02 Å². The smallest absolute Gasteiger partial charge is 0.342 e. The molecular formula is C12H13ClO5. The van der Waals surface area contributed by atoms with Crippen LogP contribution in [0, 0.1) is 0 Å². The number of benzene rings is 1. The van der Waals surface area contributed by atoms with Crippen LogP contribution in [0.4, 0.5) is 0 Å². The van der Waals surface area contributed by atoms with E-state index in [1.807, 2.05) is 0 Å². The third-order valence-corrected chi connectivity index (χ3v) is 2.66. The summed E-state index contributed by atoms with van der Waals surface area (Å²) in [5.74, 6) is -0.235. The van der Waals surface area contributed by atoms with Crippen molar-refractivity contribution in [1.29, 1.82) is 0 Å². The maximum atomic E-state index is 11.8. The monoisotopic (exact) mass is 272 g/mol. The van der Waals surface area contributed by atoms with Crippen molar-refractivity contribution in [2.24, 2.45) is 0 Å². The van der Waals surface area contributed by atoms with Gasteiger partial charge in [0.15, 0.2) is 6.29 Å². The molecule has 0 aromatic heterocycles. The van der Waals surface area contributed by atoms with Crippen LogP contribution in [0.5, 0.6) is 11.5 Å². The summed E-state index contributed by atoms with van der Waals surface area (Å²) in [4.78, 5) is 22.9. The maximum Gasteiger partial charge on any atom is 0.342 e. The molecule has 0 saturated heterocycles. The highest BCUT2D eigenvalue weighted by Crippen LogP contribution is 2.36. The molecule has 0 saturated carbocycles. The van der Waals surface area contributed by atoms with Crippen molar-refractivity contribution in [2.75, 3.05) is 20.8 Å². The summed E-state index contributed by atoms with van der Waals surface area (Å²) >= 11 is 5.97. The van der Waals surface area contributed by atoms with E-state index in [9.17, 15) is 9.59 Å². The molecular weight excluding hydrogens is 260 g/mol. The van der Waals surface area contributed by atoms with Gasteiger partial charge in [-0.25, -0.2) is 4.79 Å². The molecule has 0 amide bonds. The molecule has 0 fully saturated rings. The number of carbonyl (C=O) groups is 2. The molecule has 0 bridgehead atoms. The summed E-state index contributed by atoms with van der Waals surface area (Å²) < 4.78 is 14.9. The lowest BCUT2D eigenvalue weighted by atomic mass is 10.1. The number of hydrogen-bond donors (Lipinski definition) is 0. The predicted octanol–water partition coefficient (Wildman–Crippen LogP) is 2.35. The Morgan fingerprint density at radius 2 is 1.94 bits per heavy atom. The van der Waals surface area contributed by atoms with Crippen LogP contribution < -0.4 is 9.47 Å². The van der Waals surface area contributed by atoms with Crippen LogP contribution in [0.25, 0.3) is 0 Å². The summed E-state index contributed by atoms with van der Waals surface area (Å²) in [7, 11) is 2.78. The van der Waals surface area contributed by atoms with Crippen molar-refractivity contribution in [1.82, 2.24) is 0 Å². The van der Waals surface area contributed by atoms with Crippen LogP contribution in [-0.4, -0.2) is 33.1 Å². The Kier molecular flexibility index (Phi) is 4.97. The van der Waals surface area contributed by atoms with E-state index in [1.165, 1.54) is 20.3 Å². The Labute approximate surface area is 110 Å². The standard InChI is InChI=1S/C12H13ClO5/c1-4-18-12(15)10-7(6-14)11(13)9(17-3)5-8(10)16-2/h5-6H,4H2,1-3H3. The molecule has 98 valence electrons. The first kappa shape index (κ1) is 14.3. The molecule has 0 aliphatic rings. The Hall–Kier alpha value is -1.75. The number of hydrogen-bond acceptors (Lipinski definition) is 5. The first-order valence-corrected chi connectivity index (χ1v) is 5.55. The third kappa shape index (κ3) is 2.56. The molecule has 5 nitrogen and oxygen atoms in total. The summed E-state index contributed by atoms with van der Waals surface area (Å²) in [6, 6.07) is 1.43. The summed E-state index contributed by atoms with van der Waals surface area (Å²) in [5, 5.41) is 0.0522. The molecule has 6 heteroatoms. The predicted molar refractivity (Wildman–Crippen MR) is 65.9 cm³/mol. The first-order chi connectivity index (χ1) is 8.60. The van der Waals surface area contributed by atoms with Gasteiger partial charge in [-0.05, 0) is 6.92 Å². The number of halogens is 1. The fourth-order valence-corrected chi connectivity index (χ4v) is 1.73. The topological polar surface area (TPSA) is 61.8 Å². The Bertz CT molecular complexity index is 470. The largest absolute Gasteiger partial charge is 0.496 e. The molecule has 1 rings (SSSR count). The third-order valence-electron chi connectivity index (χ3n) is 2.27. The van der Waals surface area contributed by atoms with Crippen molar-refractivity contribution >= 4 is 23.9 Å². The highest BCUT2D eigenvalue weighted by Gasteiger charge is 2.24. The lowest BCUT2D eigenvalue weighted by Crippen LogP contribution is -2.11. The zero-order valence-electron chi connectivity index (χ0n) is 10.3. The highest BCUT2D eigenvalue weighted by atomic mass is 35.5. The second kappa shape index (κ2) is 6.26. The van der Waals surface area contributed by atoms with Gasteiger partial charge in [0.2, 0.25) is 0 Å². The van der Waals surface area contributed by atoms with E-state index < -0.39 is 5.97 Å². The van der Waals surface area contributed by atoms with E-state index >= 15 is 0 Å². The molecule has 0 heterocycles. The van der Waals surface area contributed by atoms with Gasteiger partial charge in [0.1, 0.15) is 17.1 Å². The summed E-state index contributed by atoms with van der Waals surface area (Å²) in [6.07, 6.45) is 0.472. The Morgan fingerprint density at radius 3 is 2.39 bits per heavy atom. The van der Waals surface area contributed by atoms with Crippen molar-refractivity contribution < 1.29 is 23.8 Å². The molecule has 0 aliphatic heterocycles. The van der Waals surface area contributed by atoms with Gasteiger partial charge < -0.3 is 14.2 Å². The van der Waals surface area contributed by atoms with Gasteiger partial charge >= 0.3 is 5.97 Å². The van der Waals surface area contributed by atoms with Crippen molar-refractivity contribution in [3.63, 3.8) is 0 Å². The van der Waals surface area contributed by atoms with E-state index in [0.29, 0.717) is 6.29 Å². The van der Waals surface area contributed by atoms with Crippen molar-refractivity contribution in [3.05, 3.63) is 22.2 Å². The second-order valence-electron chi connectivity index (χ2n) is 3.22. The van der Waals surface area contributed by atoms with Crippen LogP contribution in [0.3, 0.4) is 0 Å². The summed E-state index contributed by atoms with van der Waals surface area (Å²) in [5.41, 5.74) is -0.00790. The molecule has 0 unspecified atom stereocenters. The molecule has 0 N–H and O–H groups in total. The minimum atomic E-state index is -0.666. The molecule has 0 spiro atoms. The number of ether oxygens (including phenoxy) is 3. The van der Waals surface area contributed by atoms with Gasteiger partial charge in [0, 0.05) is 6.07 Å². The lowest BCUT2D eigenvalue weighted by molar-refractivity contribution is 0.0520. The average molecular weight is 273 g/mol. The lowest BCUT2D eigenvalue weighted by Gasteiger charge is -2.14. The SMILES string of the molecule is CCOC(=O)c1c(OC)cc(OC)c(Cl)c1C=O. The molecule has 1 aromatic rings. The van der Waals surface area contributed by atoms with E-state index in [1.54, 1.807) is 6.92 Å². The highest BCUT2D eigenvalue weighted by molar-refractivity contribution is 6.35. The molecule has 0 atom stereocenters. The van der Waals surface area contributed by atoms with Gasteiger partial charge in [-0.3, -0.25) is 4.79 Å². The van der Waals surface area contributed by atoms with E-state index in [2.05, 4.69) is 0 Å². The fraction of sp³-hybridized carbons (Fsp3) is 0.333. The average Bonchev–Trinajstić information content (AvgIpc) is 2.38. The van der Waals surface area contributed by atoms with E-state index in [4.69, 9.17) is 25.8 Å². The van der Waals surface area contributed by atoms with Crippen molar-refractivity contribution in [2.45, 2.75) is 6.92 Å². The van der Waals surface area contributed by atoms with Crippen LogP contribution >= 0.6 is 11.6 Å². The molecule has 0 aliphatic carbocycles. The van der Waals surface area contributed by atoms with Gasteiger partial charge in [-0.2, -0.15) is 0 Å². The van der Waals surface area contributed by atoms with E-state index in [-0.39, 0.29) is 34.3 Å². The van der Waals surface area contributed by atoms with Gasteiger partial charge in [0.25, 0.3) is 0 Å². The van der Waals surface area contributed by atoms with Crippen LogP contribution in [-0.2, 0) is 4.74 Å². The zero-order chi connectivity index (χ0) is 13.7. The summed E-state index contributed by atoms with van der Waals surface area (Å²) in [6.45, 7) is 1.85. The second-order valence-corrected chi connectivity index (χ2v) is 3.60. The molecule has 18 heavy (non-hydrogen) atoms. The first-order valence-electron chi connectivity index (χ1n) is 5.17. The fourth-order valence-electron chi connectivity index (χ4n) is 1.46. The number of rotatable bonds is 5. The zero-order valence-corrected chi connectivity index (χ0v) is 11.0. The van der Waals surface area contributed by atoms with Crippen molar-refractivity contribution in [3.8, 4) is 11.5 Å². The number of esters is 1. The maximum absolute atomic E-state index is 11.8. The van der Waals surface area contributed by atoms with Gasteiger partial charge in [-0.1, -0.05) is 11.6 Å². The van der Waals surface area contributed by atoms with Gasteiger partial charge in [-0.15, -0.1) is 0 Å². The number of aldehydes is 1. The molecule has 1 aromatic carbocycles.